The Hall–Kier alpha value is -5.11. The second-order valence-electron chi connectivity index (χ2n) is 10.1. The molecule has 1 aliphatic rings. The van der Waals surface area contributed by atoms with Gasteiger partial charge in [-0.1, -0.05) is 41.5 Å². The number of aliphatic carboxylic acids is 1. The van der Waals surface area contributed by atoms with Crippen LogP contribution in [0, 0.1) is 13.8 Å². The molecule has 1 aliphatic carbocycles. The summed E-state index contributed by atoms with van der Waals surface area (Å²) in [6, 6.07) is 20.9. The number of anilines is 4. The summed E-state index contributed by atoms with van der Waals surface area (Å²) in [6.45, 7) is 3.99. The summed E-state index contributed by atoms with van der Waals surface area (Å²) in [5, 5.41) is 15.7. The summed E-state index contributed by atoms with van der Waals surface area (Å²) in [4.78, 5) is 48.2. The van der Waals surface area contributed by atoms with E-state index in [1.165, 1.54) is 6.08 Å². The summed E-state index contributed by atoms with van der Waals surface area (Å²) in [5.41, 5.74) is 5.60. The Morgan fingerprint density at radius 2 is 1.49 bits per heavy atom. The third kappa shape index (κ3) is 6.22. The van der Waals surface area contributed by atoms with Gasteiger partial charge in [-0.25, -0.2) is 4.98 Å². The van der Waals surface area contributed by atoms with Crippen LogP contribution >= 0.6 is 0 Å². The first-order valence-corrected chi connectivity index (χ1v) is 13.5. The fourth-order valence-corrected chi connectivity index (χ4v) is 4.74. The second kappa shape index (κ2) is 12.0. The van der Waals surface area contributed by atoms with Crippen LogP contribution in [-0.4, -0.2) is 32.6 Å². The first kappa shape index (κ1) is 27.5. The number of carbonyl (C=O) groups excluding carboxylic acids is 2. The maximum atomic E-state index is 14.0. The number of carbonyl (C=O) groups is 3. The van der Waals surface area contributed by atoms with Gasteiger partial charge in [0, 0.05) is 29.6 Å². The molecule has 0 spiro atoms. The van der Waals surface area contributed by atoms with Crippen LogP contribution in [0.15, 0.2) is 84.6 Å². The third-order valence-electron chi connectivity index (χ3n) is 6.90. The molecule has 0 fully saturated rings. The Labute approximate surface area is 238 Å². The van der Waals surface area contributed by atoms with E-state index in [4.69, 9.17) is 10.1 Å². The number of fused-ring (bicyclic) bond motifs is 1. The van der Waals surface area contributed by atoms with E-state index in [0.29, 0.717) is 47.7 Å². The van der Waals surface area contributed by atoms with Crippen LogP contribution in [0.2, 0.25) is 0 Å². The molecular formula is C33H30N4O4. The van der Waals surface area contributed by atoms with Gasteiger partial charge in [0.15, 0.2) is 17.4 Å². The van der Waals surface area contributed by atoms with Crippen molar-refractivity contribution in [3.05, 3.63) is 107 Å². The monoisotopic (exact) mass is 546 g/mol. The number of unbranched alkanes of at least 4 members (excludes halogenated alkanes) is 1. The Morgan fingerprint density at radius 3 is 2.10 bits per heavy atom. The summed E-state index contributed by atoms with van der Waals surface area (Å²) in [5.74, 6) is -1.14. The number of Topliss-reactive ketones (excluding diaryl/α,β-unsaturated/α-hetero) is 1. The Bertz CT molecular complexity index is 1640. The van der Waals surface area contributed by atoms with E-state index in [1.807, 2.05) is 62.4 Å². The number of carboxylic acid groups (broad SMARTS) is 1. The van der Waals surface area contributed by atoms with Crippen molar-refractivity contribution in [2.45, 2.75) is 39.5 Å². The highest BCUT2D eigenvalue weighted by molar-refractivity contribution is 6.29. The van der Waals surface area contributed by atoms with Crippen molar-refractivity contribution in [3.63, 3.8) is 0 Å². The average molecular weight is 547 g/mol. The summed E-state index contributed by atoms with van der Waals surface area (Å²) >= 11 is 0. The zero-order valence-corrected chi connectivity index (χ0v) is 22.9. The molecule has 0 bridgehead atoms. The largest absolute Gasteiger partial charge is 0.481 e. The number of nitrogens with one attached hydrogen (secondary N) is 2. The third-order valence-corrected chi connectivity index (χ3v) is 6.90. The number of benzene rings is 2. The van der Waals surface area contributed by atoms with Crippen LogP contribution in [-0.2, 0) is 4.79 Å². The standard InChI is InChI=1S/C33H30N4O4/c1-20-10-14-23(15-11-20)35-31-28-26(38)19-22(7-3-4-9-27(39)40)32(41)29(28)30(25-8-5-6-18-34-25)37-33(31)36-24-16-12-21(2)13-17-24/h5-6,8,10-19,35H,3-4,7,9H2,1-2H3,(H,36,37)(H,39,40). The van der Waals surface area contributed by atoms with Gasteiger partial charge in [0.05, 0.1) is 22.5 Å². The minimum Gasteiger partial charge on any atom is -0.481 e. The molecule has 41 heavy (non-hydrogen) atoms. The molecule has 0 unspecified atom stereocenters. The molecule has 3 N–H and O–H groups in total. The lowest BCUT2D eigenvalue weighted by atomic mass is 9.84. The number of allylic oxidation sites excluding steroid dienone is 2. The van der Waals surface area contributed by atoms with Crippen LogP contribution < -0.4 is 10.6 Å². The Balaban J connectivity index is 1.67. The van der Waals surface area contributed by atoms with E-state index in [-0.39, 0.29) is 29.1 Å². The van der Waals surface area contributed by atoms with E-state index < -0.39 is 5.97 Å². The topological polar surface area (TPSA) is 121 Å². The summed E-state index contributed by atoms with van der Waals surface area (Å²) in [6.07, 6.45) is 4.18. The minimum absolute atomic E-state index is 0.00536. The molecule has 0 saturated carbocycles. The number of pyridine rings is 2. The highest BCUT2D eigenvalue weighted by Crippen LogP contribution is 2.41. The van der Waals surface area contributed by atoms with Crippen molar-refractivity contribution < 1.29 is 19.5 Å². The van der Waals surface area contributed by atoms with Gasteiger partial charge < -0.3 is 15.7 Å². The molecule has 206 valence electrons. The van der Waals surface area contributed by atoms with Crippen molar-refractivity contribution >= 4 is 40.4 Å². The number of aromatic nitrogens is 2. The Morgan fingerprint density at radius 1 is 0.829 bits per heavy atom. The number of hydrogen-bond acceptors (Lipinski definition) is 7. The molecule has 8 heteroatoms. The van der Waals surface area contributed by atoms with Gasteiger partial charge >= 0.3 is 5.97 Å². The smallest absolute Gasteiger partial charge is 0.303 e. The van der Waals surface area contributed by atoms with Crippen LogP contribution in [0.25, 0.3) is 11.4 Å². The number of carboxylic acids is 1. The summed E-state index contributed by atoms with van der Waals surface area (Å²) < 4.78 is 0. The van der Waals surface area contributed by atoms with Gasteiger partial charge in [-0.05, 0) is 75.6 Å². The quantitative estimate of drug-likeness (QED) is 0.179. The minimum atomic E-state index is -0.891. The lowest BCUT2D eigenvalue weighted by Crippen LogP contribution is -2.22. The van der Waals surface area contributed by atoms with Gasteiger partial charge in [0.2, 0.25) is 0 Å². The van der Waals surface area contributed by atoms with Crippen LogP contribution in [0.5, 0.6) is 0 Å². The number of aryl methyl sites for hydroxylation is 2. The molecule has 2 aromatic heterocycles. The van der Waals surface area contributed by atoms with Crippen LogP contribution in [0.1, 0.15) is 57.5 Å². The molecule has 0 radical (unpaired) electrons. The Kier molecular flexibility index (Phi) is 8.01. The first-order chi connectivity index (χ1) is 19.8. The zero-order chi connectivity index (χ0) is 28.9. The van der Waals surface area contributed by atoms with E-state index in [1.54, 1.807) is 24.4 Å². The fourth-order valence-electron chi connectivity index (χ4n) is 4.74. The SMILES string of the molecule is Cc1ccc(Nc2nc(-c3ccccn3)c3c(c2Nc2ccc(C)cc2)C(=O)C=C(CCCCC(=O)O)C3=O)cc1. The van der Waals surface area contributed by atoms with Gasteiger partial charge in [0.1, 0.15) is 5.69 Å². The molecule has 2 heterocycles. The number of nitrogens with zero attached hydrogens (tertiary/aromatic N) is 2. The maximum absolute atomic E-state index is 14.0. The normalized spacial score (nSPS) is 12.5. The maximum Gasteiger partial charge on any atom is 0.303 e. The van der Waals surface area contributed by atoms with Crippen molar-refractivity contribution in [3.8, 4) is 11.4 Å². The number of ketones is 2. The van der Waals surface area contributed by atoms with E-state index >= 15 is 0 Å². The van der Waals surface area contributed by atoms with E-state index in [9.17, 15) is 14.4 Å². The van der Waals surface area contributed by atoms with Crippen molar-refractivity contribution in [2.24, 2.45) is 0 Å². The molecule has 0 saturated heterocycles. The number of rotatable bonds is 10. The van der Waals surface area contributed by atoms with Gasteiger partial charge in [-0.2, -0.15) is 0 Å². The number of hydrogen-bond donors (Lipinski definition) is 3. The molecule has 0 amide bonds. The molecule has 8 nitrogen and oxygen atoms in total. The van der Waals surface area contributed by atoms with Crippen LogP contribution in [0.3, 0.4) is 0 Å². The lowest BCUT2D eigenvalue weighted by molar-refractivity contribution is -0.137. The van der Waals surface area contributed by atoms with E-state index in [0.717, 1.165) is 22.5 Å². The van der Waals surface area contributed by atoms with Gasteiger partial charge in [-0.3, -0.25) is 19.4 Å². The molecule has 2 aromatic carbocycles. The fraction of sp³-hybridized carbons (Fsp3) is 0.182. The molecule has 5 rings (SSSR count). The first-order valence-electron chi connectivity index (χ1n) is 13.5. The molecule has 0 atom stereocenters. The highest BCUT2D eigenvalue weighted by atomic mass is 16.4. The van der Waals surface area contributed by atoms with Crippen LogP contribution in [0.4, 0.5) is 22.9 Å². The summed E-state index contributed by atoms with van der Waals surface area (Å²) in [7, 11) is 0. The van der Waals surface area contributed by atoms with Gasteiger partial charge in [-0.15, -0.1) is 0 Å². The predicted octanol–water partition coefficient (Wildman–Crippen LogP) is 7.20. The second-order valence-corrected chi connectivity index (χ2v) is 10.1. The van der Waals surface area contributed by atoms with Crippen molar-refractivity contribution in [1.29, 1.82) is 0 Å². The predicted molar refractivity (Wildman–Crippen MR) is 159 cm³/mol. The van der Waals surface area contributed by atoms with Crippen molar-refractivity contribution in [1.82, 2.24) is 9.97 Å². The highest BCUT2D eigenvalue weighted by Gasteiger charge is 2.34. The van der Waals surface area contributed by atoms with Gasteiger partial charge in [0.25, 0.3) is 0 Å². The van der Waals surface area contributed by atoms with Crippen molar-refractivity contribution in [2.75, 3.05) is 10.6 Å². The van der Waals surface area contributed by atoms with E-state index in [2.05, 4.69) is 15.6 Å². The molecular weight excluding hydrogens is 516 g/mol. The molecule has 0 aliphatic heterocycles. The molecule has 4 aromatic rings. The zero-order valence-electron chi connectivity index (χ0n) is 22.9. The average Bonchev–Trinajstić information content (AvgIpc) is 2.96. The lowest BCUT2D eigenvalue weighted by Gasteiger charge is -2.24.